The number of carbonyl (C=O) groups is 1. The first-order chi connectivity index (χ1) is 12.9. The zero-order valence-electron chi connectivity index (χ0n) is 16.1. The molecule has 0 aliphatic heterocycles. The number of amides is 1. The maximum Gasteiger partial charge on any atom is 0.261 e. The number of fused-ring (bicyclic) bond motifs is 1. The predicted molar refractivity (Wildman–Crippen MR) is 123 cm³/mol. The highest BCUT2D eigenvalue weighted by atomic mass is 127. The smallest absolute Gasteiger partial charge is 0.261 e. The van der Waals surface area contributed by atoms with E-state index in [0.717, 1.165) is 43.0 Å². The fourth-order valence-corrected chi connectivity index (χ4v) is 4.87. The number of aromatic nitrogens is 1. The van der Waals surface area contributed by atoms with Gasteiger partial charge in [0, 0.05) is 10.1 Å². The molecule has 0 aliphatic carbocycles. The Kier molecular flexibility index (Phi) is 6.49. The molecule has 0 N–H and O–H groups in total. The van der Waals surface area contributed by atoms with E-state index < -0.39 is 0 Å². The van der Waals surface area contributed by atoms with E-state index >= 15 is 0 Å². The Bertz CT molecular complexity index is 967. The molecular weight excluding hydrogens is 469 g/mol. The van der Waals surface area contributed by atoms with Crippen molar-refractivity contribution < 1.29 is 4.79 Å². The van der Waals surface area contributed by atoms with Gasteiger partial charge in [0.15, 0.2) is 5.13 Å². The van der Waals surface area contributed by atoms with E-state index in [9.17, 15) is 4.79 Å². The molecule has 1 heterocycles. The van der Waals surface area contributed by atoms with Gasteiger partial charge in [0.05, 0.1) is 15.8 Å². The first-order valence-corrected chi connectivity index (χ1v) is 10.8. The molecule has 6 heteroatoms. The number of halogens is 1. The highest BCUT2D eigenvalue weighted by Gasteiger charge is 2.23. The van der Waals surface area contributed by atoms with Crippen molar-refractivity contribution in [1.82, 2.24) is 9.88 Å². The van der Waals surface area contributed by atoms with E-state index in [0.29, 0.717) is 6.54 Å². The van der Waals surface area contributed by atoms with Gasteiger partial charge in [0.25, 0.3) is 5.91 Å². The van der Waals surface area contributed by atoms with Gasteiger partial charge < -0.3 is 4.90 Å². The van der Waals surface area contributed by atoms with Crippen molar-refractivity contribution in [3.63, 3.8) is 0 Å². The standard InChI is InChI=1S/C21H24IN3OS/c1-14-12-15(2)19-18(13-14)27-21(23-19)25(11-7-10-24(3)4)20(26)16-8-5-6-9-17(16)22/h5-6,8-9,12-13H,7,10-11H2,1-4H3. The summed E-state index contributed by atoms with van der Waals surface area (Å²) >= 11 is 3.83. The van der Waals surface area contributed by atoms with E-state index in [-0.39, 0.29) is 5.91 Å². The number of thiazole rings is 1. The van der Waals surface area contributed by atoms with Crippen molar-refractivity contribution >= 4 is 55.2 Å². The Hall–Kier alpha value is -1.51. The average Bonchev–Trinajstić information content (AvgIpc) is 3.02. The van der Waals surface area contributed by atoms with Gasteiger partial charge in [-0.2, -0.15) is 0 Å². The number of hydrogen-bond donors (Lipinski definition) is 0. The number of anilines is 1. The molecule has 142 valence electrons. The lowest BCUT2D eigenvalue weighted by molar-refractivity contribution is 0.0985. The molecule has 3 rings (SSSR count). The van der Waals surface area contributed by atoms with E-state index in [2.05, 4.69) is 67.6 Å². The number of carbonyl (C=O) groups excluding carboxylic acids is 1. The maximum atomic E-state index is 13.3. The second-order valence-corrected chi connectivity index (χ2v) is 9.19. The summed E-state index contributed by atoms with van der Waals surface area (Å²) in [6.07, 6.45) is 0.899. The van der Waals surface area contributed by atoms with Crippen LogP contribution in [0, 0.1) is 17.4 Å². The average molecular weight is 493 g/mol. The largest absolute Gasteiger partial charge is 0.309 e. The SMILES string of the molecule is Cc1cc(C)c2nc(N(CCCN(C)C)C(=O)c3ccccc3I)sc2c1. The van der Waals surface area contributed by atoms with Crippen molar-refractivity contribution in [2.75, 3.05) is 32.1 Å². The van der Waals surface area contributed by atoms with Crippen LogP contribution in [0.2, 0.25) is 0 Å². The van der Waals surface area contributed by atoms with Gasteiger partial charge in [-0.05, 0) is 92.8 Å². The van der Waals surface area contributed by atoms with Crippen LogP contribution in [0.25, 0.3) is 10.2 Å². The van der Waals surface area contributed by atoms with Gasteiger partial charge >= 0.3 is 0 Å². The Morgan fingerprint density at radius 3 is 2.59 bits per heavy atom. The normalized spacial score (nSPS) is 11.3. The summed E-state index contributed by atoms with van der Waals surface area (Å²) in [6.45, 7) is 5.76. The Morgan fingerprint density at radius 2 is 1.89 bits per heavy atom. The molecule has 0 atom stereocenters. The van der Waals surface area contributed by atoms with Crippen LogP contribution in [0.15, 0.2) is 36.4 Å². The van der Waals surface area contributed by atoms with E-state index in [1.165, 1.54) is 5.56 Å². The number of rotatable bonds is 6. The van der Waals surface area contributed by atoms with E-state index in [1.807, 2.05) is 29.2 Å². The Balaban J connectivity index is 2.00. The van der Waals surface area contributed by atoms with Gasteiger partial charge in [0.1, 0.15) is 0 Å². The van der Waals surface area contributed by atoms with Crippen molar-refractivity contribution in [2.45, 2.75) is 20.3 Å². The lowest BCUT2D eigenvalue weighted by Gasteiger charge is -2.21. The monoisotopic (exact) mass is 493 g/mol. The second-order valence-electron chi connectivity index (χ2n) is 7.02. The van der Waals surface area contributed by atoms with Crippen LogP contribution in [0.3, 0.4) is 0 Å². The number of benzene rings is 2. The lowest BCUT2D eigenvalue weighted by atomic mass is 10.1. The fourth-order valence-electron chi connectivity index (χ4n) is 3.08. The molecule has 0 radical (unpaired) electrons. The first-order valence-electron chi connectivity index (χ1n) is 8.95. The van der Waals surface area contributed by atoms with Crippen LogP contribution >= 0.6 is 33.9 Å². The van der Waals surface area contributed by atoms with Crippen LogP contribution in [-0.4, -0.2) is 43.0 Å². The zero-order valence-corrected chi connectivity index (χ0v) is 19.1. The first kappa shape index (κ1) is 20.2. The van der Waals surface area contributed by atoms with Crippen LogP contribution in [0.5, 0.6) is 0 Å². The molecule has 0 saturated carbocycles. The van der Waals surface area contributed by atoms with Crippen LogP contribution < -0.4 is 4.90 Å². The van der Waals surface area contributed by atoms with Crippen molar-refractivity contribution in [1.29, 1.82) is 0 Å². The van der Waals surface area contributed by atoms with Gasteiger partial charge in [-0.1, -0.05) is 29.5 Å². The van der Waals surface area contributed by atoms with Crippen LogP contribution in [0.1, 0.15) is 27.9 Å². The summed E-state index contributed by atoms with van der Waals surface area (Å²) < 4.78 is 2.10. The minimum absolute atomic E-state index is 0.0205. The van der Waals surface area contributed by atoms with Crippen LogP contribution in [0.4, 0.5) is 5.13 Å². The molecule has 1 aromatic heterocycles. The van der Waals surface area contributed by atoms with Crippen molar-refractivity contribution in [3.8, 4) is 0 Å². The molecule has 3 aromatic rings. The van der Waals surface area contributed by atoms with E-state index in [1.54, 1.807) is 11.3 Å². The summed E-state index contributed by atoms with van der Waals surface area (Å²) in [5, 5.41) is 0.780. The molecule has 0 unspecified atom stereocenters. The second kappa shape index (κ2) is 8.67. The number of nitrogens with zero attached hydrogens (tertiary/aromatic N) is 3. The maximum absolute atomic E-state index is 13.3. The summed E-state index contributed by atoms with van der Waals surface area (Å²) in [4.78, 5) is 22.2. The molecule has 0 saturated heterocycles. The third kappa shape index (κ3) is 4.67. The van der Waals surface area contributed by atoms with Gasteiger partial charge in [-0.25, -0.2) is 4.98 Å². The van der Waals surface area contributed by atoms with Crippen LogP contribution in [-0.2, 0) is 0 Å². The third-order valence-electron chi connectivity index (χ3n) is 4.39. The predicted octanol–water partition coefficient (Wildman–Crippen LogP) is 5.12. The zero-order chi connectivity index (χ0) is 19.6. The molecule has 0 aliphatic rings. The molecule has 1 amide bonds. The quantitative estimate of drug-likeness (QED) is 0.448. The highest BCUT2D eigenvalue weighted by Crippen LogP contribution is 2.33. The minimum atomic E-state index is 0.0205. The third-order valence-corrected chi connectivity index (χ3v) is 6.35. The van der Waals surface area contributed by atoms with Gasteiger partial charge in [-0.3, -0.25) is 9.69 Å². The van der Waals surface area contributed by atoms with Gasteiger partial charge in [-0.15, -0.1) is 0 Å². The summed E-state index contributed by atoms with van der Waals surface area (Å²) in [5.74, 6) is 0.0205. The molecular formula is C21H24IN3OS. The fraction of sp³-hybridized carbons (Fsp3) is 0.333. The lowest BCUT2D eigenvalue weighted by Crippen LogP contribution is -2.33. The molecule has 0 bridgehead atoms. The number of aryl methyl sites for hydroxylation is 2. The highest BCUT2D eigenvalue weighted by molar-refractivity contribution is 14.1. The Morgan fingerprint density at radius 1 is 1.15 bits per heavy atom. The molecule has 0 fully saturated rings. The summed E-state index contributed by atoms with van der Waals surface area (Å²) in [7, 11) is 4.10. The topological polar surface area (TPSA) is 36.4 Å². The van der Waals surface area contributed by atoms with E-state index in [4.69, 9.17) is 4.98 Å². The van der Waals surface area contributed by atoms with Crippen molar-refractivity contribution in [2.24, 2.45) is 0 Å². The summed E-state index contributed by atoms with van der Waals surface area (Å²) in [5.41, 5.74) is 4.10. The number of hydrogen-bond acceptors (Lipinski definition) is 4. The molecule has 0 spiro atoms. The van der Waals surface area contributed by atoms with Crippen molar-refractivity contribution in [3.05, 3.63) is 56.7 Å². The minimum Gasteiger partial charge on any atom is -0.309 e. The summed E-state index contributed by atoms with van der Waals surface area (Å²) in [6, 6.07) is 12.0. The molecule has 4 nitrogen and oxygen atoms in total. The molecule has 2 aromatic carbocycles. The molecule has 27 heavy (non-hydrogen) atoms. The Labute approximate surface area is 178 Å². The van der Waals surface area contributed by atoms with Gasteiger partial charge in [0.2, 0.25) is 0 Å².